The van der Waals surface area contributed by atoms with E-state index in [9.17, 15) is 27.9 Å². The van der Waals surface area contributed by atoms with Gasteiger partial charge in [0.25, 0.3) is 0 Å². The van der Waals surface area contributed by atoms with Gasteiger partial charge in [0.15, 0.2) is 0 Å². The lowest BCUT2D eigenvalue weighted by Gasteiger charge is -2.16. The number of alkyl halides is 3. The zero-order valence-corrected chi connectivity index (χ0v) is 11.6. The number of rotatable bonds is 4. The van der Waals surface area contributed by atoms with E-state index in [0.29, 0.717) is 16.3 Å². The molecule has 1 atom stereocenters. The number of fused-ring (bicyclic) bond motifs is 1. The average molecular weight is 327 g/mol. The molecule has 23 heavy (non-hydrogen) atoms. The Morgan fingerprint density at radius 3 is 2.30 bits per heavy atom. The van der Waals surface area contributed by atoms with Gasteiger partial charge in [-0.2, -0.15) is 13.2 Å². The summed E-state index contributed by atoms with van der Waals surface area (Å²) in [5.41, 5.74) is 0.443. The Morgan fingerprint density at radius 2 is 1.70 bits per heavy atom. The molecule has 0 saturated heterocycles. The third-order valence-corrected chi connectivity index (χ3v) is 3.19. The Balaban J connectivity index is 2.21. The van der Waals surface area contributed by atoms with Gasteiger partial charge in [-0.05, 0) is 28.5 Å². The summed E-state index contributed by atoms with van der Waals surface area (Å²) in [7, 11) is 0. The van der Waals surface area contributed by atoms with Crippen molar-refractivity contribution < 1.29 is 33.0 Å². The summed E-state index contributed by atoms with van der Waals surface area (Å²) in [4.78, 5) is 22.0. The van der Waals surface area contributed by atoms with Crippen molar-refractivity contribution >= 4 is 22.6 Å². The van der Waals surface area contributed by atoms with E-state index in [0.717, 1.165) is 0 Å². The number of halogens is 3. The molecule has 122 valence electrons. The van der Waals surface area contributed by atoms with Gasteiger partial charge in [-0.1, -0.05) is 24.3 Å². The van der Waals surface area contributed by atoms with Crippen LogP contribution in [0.15, 0.2) is 36.4 Å². The van der Waals surface area contributed by atoms with Gasteiger partial charge < -0.3 is 15.5 Å². The maximum atomic E-state index is 12.2. The van der Waals surface area contributed by atoms with Crippen LogP contribution in [-0.2, 0) is 16.0 Å². The number of carboxylic acid groups (broad SMARTS) is 1. The summed E-state index contributed by atoms with van der Waals surface area (Å²) in [6, 6.07) is 7.55. The Hall–Kier alpha value is -2.77. The first-order valence-corrected chi connectivity index (χ1v) is 6.49. The highest BCUT2D eigenvalue weighted by Crippen LogP contribution is 2.22. The van der Waals surface area contributed by atoms with Crippen LogP contribution in [0.4, 0.5) is 13.2 Å². The summed E-state index contributed by atoms with van der Waals surface area (Å²) in [6.07, 6.45) is -5.44. The maximum absolute atomic E-state index is 12.2. The van der Waals surface area contributed by atoms with Crippen LogP contribution in [0.3, 0.4) is 0 Å². The number of phenolic OH excluding ortho intramolecular Hbond substituents is 1. The van der Waals surface area contributed by atoms with Crippen LogP contribution >= 0.6 is 0 Å². The lowest BCUT2D eigenvalue weighted by Crippen LogP contribution is -2.47. The van der Waals surface area contributed by atoms with Gasteiger partial charge >= 0.3 is 18.1 Å². The number of aromatic hydroxyl groups is 1. The molecule has 5 nitrogen and oxygen atoms in total. The van der Waals surface area contributed by atoms with Crippen LogP contribution < -0.4 is 5.32 Å². The standard InChI is InChI=1S/C15H12F3NO4/c16-15(17,18)14(23)19-12(13(21)22)6-8-1-2-10-7-11(20)4-3-9(10)5-8/h1-5,7,12,20H,6H2,(H,19,23)(H,21,22). The lowest BCUT2D eigenvalue weighted by atomic mass is 10.0. The summed E-state index contributed by atoms with van der Waals surface area (Å²) in [5.74, 6) is -3.80. The SMILES string of the molecule is O=C(O)C(Cc1ccc2cc(O)ccc2c1)NC(=O)C(F)(F)F. The third-order valence-electron chi connectivity index (χ3n) is 3.19. The predicted octanol–water partition coefficient (Wildman–Crippen LogP) is 2.22. The van der Waals surface area contributed by atoms with Gasteiger partial charge in [0.05, 0.1) is 0 Å². The molecule has 0 aliphatic carbocycles. The Morgan fingerprint density at radius 1 is 1.09 bits per heavy atom. The molecule has 0 heterocycles. The van der Waals surface area contributed by atoms with Crippen LogP contribution in [0.5, 0.6) is 5.75 Å². The number of amides is 1. The number of nitrogens with one attached hydrogen (secondary N) is 1. The van der Waals surface area contributed by atoms with Crippen molar-refractivity contribution in [3.8, 4) is 5.75 Å². The third kappa shape index (κ3) is 4.12. The van der Waals surface area contributed by atoms with Gasteiger partial charge in [-0.15, -0.1) is 0 Å². The van der Waals surface area contributed by atoms with E-state index in [1.165, 1.54) is 23.5 Å². The second-order valence-electron chi connectivity index (χ2n) is 4.93. The first-order valence-electron chi connectivity index (χ1n) is 6.49. The first kappa shape index (κ1) is 16.6. The molecule has 2 aromatic carbocycles. The topological polar surface area (TPSA) is 86.6 Å². The molecule has 0 bridgehead atoms. The molecule has 0 saturated carbocycles. The normalized spacial score (nSPS) is 12.8. The molecular formula is C15H12F3NO4. The molecule has 2 rings (SSSR count). The molecule has 0 aliphatic rings. The molecule has 0 fully saturated rings. The minimum atomic E-state index is -5.14. The molecule has 0 radical (unpaired) electrons. The van der Waals surface area contributed by atoms with Gasteiger partial charge in [-0.25, -0.2) is 4.79 Å². The minimum Gasteiger partial charge on any atom is -0.508 e. The number of benzene rings is 2. The molecule has 0 aromatic heterocycles. The molecular weight excluding hydrogens is 315 g/mol. The molecule has 1 amide bonds. The van der Waals surface area contributed by atoms with E-state index in [2.05, 4.69) is 0 Å². The highest BCUT2D eigenvalue weighted by Gasteiger charge is 2.40. The number of carboxylic acids is 1. The Bertz CT molecular complexity index is 758. The van der Waals surface area contributed by atoms with E-state index in [4.69, 9.17) is 5.11 Å². The number of hydrogen-bond donors (Lipinski definition) is 3. The lowest BCUT2D eigenvalue weighted by molar-refractivity contribution is -0.175. The quantitative estimate of drug-likeness (QED) is 0.804. The number of carbonyl (C=O) groups excluding carboxylic acids is 1. The predicted molar refractivity (Wildman–Crippen MR) is 74.9 cm³/mol. The minimum absolute atomic E-state index is 0.0612. The highest BCUT2D eigenvalue weighted by atomic mass is 19.4. The summed E-state index contributed by atoms with van der Waals surface area (Å²) < 4.78 is 36.7. The van der Waals surface area contributed by atoms with Crippen LogP contribution in [0.2, 0.25) is 0 Å². The highest BCUT2D eigenvalue weighted by molar-refractivity contribution is 5.87. The van der Waals surface area contributed by atoms with Crippen molar-refractivity contribution in [1.82, 2.24) is 5.32 Å². The number of hydrogen-bond acceptors (Lipinski definition) is 3. The fraction of sp³-hybridized carbons (Fsp3) is 0.200. The van der Waals surface area contributed by atoms with Crippen molar-refractivity contribution in [3.05, 3.63) is 42.0 Å². The average Bonchev–Trinajstić information content (AvgIpc) is 2.45. The van der Waals surface area contributed by atoms with Crippen LogP contribution in [0, 0.1) is 0 Å². The monoisotopic (exact) mass is 327 g/mol. The number of carbonyl (C=O) groups is 2. The van der Waals surface area contributed by atoms with Crippen LogP contribution in [0.1, 0.15) is 5.56 Å². The summed E-state index contributed by atoms with van der Waals surface area (Å²) >= 11 is 0. The van der Waals surface area contributed by atoms with E-state index in [1.54, 1.807) is 18.2 Å². The summed E-state index contributed by atoms with van der Waals surface area (Å²) in [5, 5.41) is 21.2. The molecule has 3 N–H and O–H groups in total. The van der Waals surface area contributed by atoms with Crippen molar-refractivity contribution in [2.45, 2.75) is 18.6 Å². The van der Waals surface area contributed by atoms with Crippen molar-refractivity contribution in [1.29, 1.82) is 0 Å². The number of phenols is 1. The largest absolute Gasteiger partial charge is 0.508 e. The summed E-state index contributed by atoms with van der Waals surface area (Å²) in [6.45, 7) is 0. The van der Waals surface area contributed by atoms with E-state index < -0.39 is 24.1 Å². The van der Waals surface area contributed by atoms with Gasteiger partial charge in [0.2, 0.25) is 0 Å². The Labute approximate surface area is 128 Å². The zero-order chi connectivity index (χ0) is 17.2. The van der Waals surface area contributed by atoms with Crippen LogP contribution in [0.25, 0.3) is 10.8 Å². The second kappa shape index (κ2) is 6.15. The smallest absolute Gasteiger partial charge is 0.471 e. The van der Waals surface area contributed by atoms with Gasteiger partial charge in [0, 0.05) is 6.42 Å². The van der Waals surface area contributed by atoms with Gasteiger partial charge in [0.1, 0.15) is 11.8 Å². The zero-order valence-electron chi connectivity index (χ0n) is 11.6. The molecule has 1 unspecified atom stereocenters. The van der Waals surface area contributed by atoms with Crippen LogP contribution in [-0.4, -0.2) is 34.3 Å². The molecule has 2 aromatic rings. The fourth-order valence-electron chi connectivity index (χ4n) is 2.09. The first-order chi connectivity index (χ1) is 10.7. The van der Waals surface area contributed by atoms with E-state index in [1.807, 2.05) is 0 Å². The van der Waals surface area contributed by atoms with Crippen molar-refractivity contribution in [3.63, 3.8) is 0 Å². The van der Waals surface area contributed by atoms with Crippen molar-refractivity contribution in [2.24, 2.45) is 0 Å². The molecule has 0 spiro atoms. The van der Waals surface area contributed by atoms with Crippen molar-refractivity contribution in [2.75, 3.05) is 0 Å². The maximum Gasteiger partial charge on any atom is 0.471 e. The van der Waals surface area contributed by atoms with E-state index >= 15 is 0 Å². The Kier molecular flexibility index (Phi) is 4.44. The van der Waals surface area contributed by atoms with E-state index in [-0.39, 0.29) is 12.2 Å². The second-order valence-corrected chi connectivity index (χ2v) is 4.93. The van der Waals surface area contributed by atoms with Gasteiger partial charge in [-0.3, -0.25) is 4.79 Å². The molecule has 8 heteroatoms. The number of aliphatic carboxylic acids is 1. The molecule has 0 aliphatic heterocycles. The fourth-order valence-corrected chi connectivity index (χ4v) is 2.09.